The molecule has 3 atom stereocenters. The molecule has 2 fully saturated rings. The first-order valence-electron chi connectivity index (χ1n) is 11.5. The van der Waals surface area contributed by atoms with Crippen LogP contribution in [0.25, 0.3) is 22.2 Å². The number of rotatable bonds is 5. The summed E-state index contributed by atoms with van der Waals surface area (Å²) in [6, 6.07) is 8.43. The van der Waals surface area contributed by atoms with Crippen molar-refractivity contribution in [2.75, 3.05) is 13.1 Å². The third-order valence-electron chi connectivity index (χ3n) is 7.54. The first-order chi connectivity index (χ1) is 15.8. The van der Waals surface area contributed by atoms with E-state index < -0.39 is 22.8 Å². The zero-order valence-electron chi connectivity index (χ0n) is 19.0. The van der Waals surface area contributed by atoms with Crippen molar-refractivity contribution in [3.8, 4) is 17.0 Å². The Hall–Kier alpha value is -3.10. The topological polar surface area (TPSA) is 125 Å². The molecule has 33 heavy (non-hydrogen) atoms. The minimum Gasteiger partial charge on any atom is -0.506 e. The Balaban J connectivity index is 1.48. The van der Waals surface area contributed by atoms with Crippen LogP contribution < -0.4 is 11.3 Å². The van der Waals surface area contributed by atoms with Gasteiger partial charge < -0.3 is 25.5 Å². The monoisotopic (exact) mass is 450 g/mol. The third-order valence-corrected chi connectivity index (χ3v) is 7.54. The number of carboxylic acids is 1. The lowest BCUT2D eigenvalue weighted by atomic mass is 9.99. The molecule has 174 valence electrons. The number of carboxylic acid groups (broad SMARTS) is 1. The van der Waals surface area contributed by atoms with E-state index in [0.717, 1.165) is 48.9 Å². The maximum atomic E-state index is 12.3. The summed E-state index contributed by atoms with van der Waals surface area (Å²) in [7, 11) is 2.07. The highest BCUT2D eigenvalue weighted by molar-refractivity contribution is 5.92. The van der Waals surface area contributed by atoms with Gasteiger partial charge in [0.25, 0.3) is 5.56 Å². The van der Waals surface area contributed by atoms with Gasteiger partial charge in [0.2, 0.25) is 0 Å². The molecule has 1 saturated carbocycles. The second-order valence-corrected chi connectivity index (χ2v) is 9.60. The Kier molecular flexibility index (Phi) is 5.29. The molecule has 5 rings (SSSR count). The predicted octanol–water partition coefficient (Wildman–Crippen LogP) is 2.67. The van der Waals surface area contributed by atoms with E-state index in [4.69, 9.17) is 5.73 Å². The van der Waals surface area contributed by atoms with E-state index in [9.17, 15) is 19.8 Å². The van der Waals surface area contributed by atoms with Gasteiger partial charge in [0.05, 0.1) is 5.69 Å². The zero-order chi connectivity index (χ0) is 23.4. The minimum atomic E-state index is -1.44. The van der Waals surface area contributed by atoms with Crippen molar-refractivity contribution >= 4 is 16.9 Å². The number of nitrogens with zero attached hydrogens (tertiary/aromatic N) is 2. The van der Waals surface area contributed by atoms with Crippen LogP contribution in [-0.4, -0.2) is 49.8 Å². The molecule has 0 spiro atoms. The first kappa shape index (κ1) is 21.7. The van der Waals surface area contributed by atoms with Gasteiger partial charge in [-0.05, 0) is 54.9 Å². The Morgan fingerprint density at radius 2 is 1.91 bits per heavy atom. The number of nitrogens with one attached hydrogen (secondary N) is 1. The van der Waals surface area contributed by atoms with Crippen molar-refractivity contribution in [1.29, 1.82) is 0 Å². The van der Waals surface area contributed by atoms with Crippen molar-refractivity contribution in [2.45, 2.75) is 38.8 Å². The summed E-state index contributed by atoms with van der Waals surface area (Å²) in [6.45, 7) is 4.90. The average Bonchev–Trinajstić information content (AvgIpc) is 3.38. The number of fused-ring (bicyclic) bond motifs is 2. The predicted molar refractivity (Wildman–Crippen MR) is 126 cm³/mol. The molecule has 0 bridgehead atoms. The number of pyridine rings is 1. The van der Waals surface area contributed by atoms with Crippen molar-refractivity contribution in [3.05, 3.63) is 51.4 Å². The summed E-state index contributed by atoms with van der Waals surface area (Å²) in [5.74, 6) is -0.470. The van der Waals surface area contributed by atoms with E-state index in [1.807, 2.05) is 25.1 Å². The number of aromatic carboxylic acids is 1. The summed E-state index contributed by atoms with van der Waals surface area (Å²) in [5, 5.41) is 20.8. The molecule has 3 heterocycles. The highest BCUT2D eigenvalue weighted by atomic mass is 16.4. The summed E-state index contributed by atoms with van der Waals surface area (Å²) in [5.41, 5.74) is 8.64. The maximum Gasteiger partial charge on any atom is 0.345 e. The zero-order valence-corrected chi connectivity index (χ0v) is 19.0. The van der Waals surface area contributed by atoms with Gasteiger partial charge in [-0.25, -0.2) is 4.79 Å². The molecule has 8 nitrogen and oxygen atoms in total. The highest BCUT2D eigenvalue weighted by Crippen LogP contribution is 2.38. The summed E-state index contributed by atoms with van der Waals surface area (Å²) in [6.07, 6.45) is 2.65. The lowest BCUT2D eigenvalue weighted by molar-refractivity contribution is 0.0691. The molecular formula is C25H30N4O4. The van der Waals surface area contributed by atoms with Crippen LogP contribution >= 0.6 is 0 Å². The molecule has 2 aromatic heterocycles. The molecule has 5 N–H and O–H groups in total. The van der Waals surface area contributed by atoms with Gasteiger partial charge in [-0.1, -0.05) is 13.0 Å². The molecule has 1 aliphatic heterocycles. The Morgan fingerprint density at radius 1 is 1.21 bits per heavy atom. The fourth-order valence-corrected chi connectivity index (χ4v) is 5.93. The Bertz CT molecular complexity index is 1290. The van der Waals surface area contributed by atoms with Crippen molar-refractivity contribution in [1.82, 2.24) is 14.5 Å². The SMILES string of the molecule is CCc1c(-c2ccc3c(c2)cc(CN2CC4CC(N)C[C@H]4C2)n3C)[nH]c(=O)c(C(=O)O)c1O. The number of aryl methyl sites for hydroxylation is 1. The van der Waals surface area contributed by atoms with Gasteiger partial charge in [0.15, 0.2) is 5.56 Å². The van der Waals surface area contributed by atoms with Crippen LogP contribution in [0.3, 0.4) is 0 Å². The number of aromatic amines is 1. The number of hydrogen-bond donors (Lipinski definition) is 4. The van der Waals surface area contributed by atoms with Gasteiger partial charge in [-0.15, -0.1) is 0 Å². The summed E-state index contributed by atoms with van der Waals surface area (Å²) in [4.78, 5) is 29.0. The minimum absolute atomic E-state index is 0.363. The fourth-order valence-electron chi connectivity index (χ4n) is 5.93. The van der Waals surface area contributed by atoms with Crippen LogP contribution in [0, 0.1) is 11.8 Å². The summed E-state index contributed by atoms with van der Waals surface area (Å²) < 4.78 is 2.20. The molecule has 1 aromatic carbocycles. The third kappa shape index (κ3) is 3.63. The van der Waals surface area contributed by atoms with Gasteiger partial charge in [-0.3, -0.25) is 9.69 Å². The first-order valence-corrected chi connectivity index (χ1v) is 11.5. The van der Waals surface area contributed by atoms with E-state index in [1.54, 1.807) is 0 Å². The molecule has 2 unspecified atom stereocenters. The highest BCUT2D eigenvalue weighted by Gasteiger charge is 2.39. The van der Waals surface area contributed by atoms with E-state index in [-0.39, 0.29) is 0 Å². The quantitative estimate of drug-likeness (QED) is 0.474. The van der Waals surface area contributed by atoms with Crippen molar-refractivity contribution in [2.24, 2.45) is 24.6 Å². The number of aromatic nitrogens is 2. The molecule has 0 amide bonds. The number of H-pyrrole nitrogens is 1. The normalized spacial score (nSPS) is 22.8. The van der Waals surface area contributed by atoms with Gasteiger partial charge in [0, 0.05) is 54.9 Å². The molecule has 1 saturated heterocycles. The van der Waals surface area contributed by atoms with Crippen LogP contribution in [0.2, 0.25) is 0 Å². The second-order valence-electron chi connectivity index (χ2n) is 9.60. The van der Waals surface area contributed by atoms with Gasteiger partial charge in [0.1, 0.15) is 5.75 Å². The van der Waals surface area contributed by atoms with Crippen LogP contribution in [0.1, 0.15) is 41.4 Å². The largest absolute Gasteiger partial charge is 0.506 e. The Labute approximate surface area is 191 Å². The molecule has 2 aliphatic rings. The lowest BCUT2D eigenvalue weighted by Crippen LogP contribution is -2.25. The smallest absolute Gasteiger partial charge is 0.345 e. The molecule has 0 radical (unpaired) electrons. The van der Waals surface area contributed by atoms with Gasteiger partial charge >= 0.3 is 5.97 Å². The van der Waals surface area contributed by atoms with Crippen LogP contribution in [0.5, 0.6) is 5.75 Å². The number of nitrogens with two attached hydrogens (primary N) is 1. The van der Waals surface area contributed by atoms with Crippen LogP contribution in [-0.2, 0) is 20.0 Å². The molecule has 1 aliphatic carbocycles. The van der Waals surface area contributed by atoms with Crippen LogP contribution in [0.4, 0.5) is 0 Å². The van der Waals surface area contributed by atoms with E-state index in [0.29, 0.717) is 35.6 Å². The van der Waals surface area contributed by atoms with Crippen LogP contribution in [0.15, 0.2) is 29.1 Å². The number of likely N-dealkylation sites (tertiary alicyclic amines) is 1. The molecular weight excluding hydrogens is 420 g/mol. The van der Waals surface area contributed by atoms with Gasteiger partial charge in [-0.2, -0.15) is 0 Å². The standard InChI is InChI=1S/C25H30N4O4/c1-3-19-22(27-24(31)21(23(19)30)25(32)33)13-4-5-20-14(6-13)9-18(28(20)2)12-29-10-15-7-17(26)8-16(15)11-29/h4-6,9,15-17H,3,7-8,10-12,26H2,1-2H3,(H,32,33)(H2,27,30,31)/t15-,16?,17?/m0/s1. The van der Waals surface area contributed by atoms with E-state index >= 15 is 0 Å². The van der Waals surface area contributed by atoms with E-state index in [1.165, 1.54) is 5.69 Å². The van der Waals surface area contributed by atoms with Crippen molar-refractivity contribution in [3.63, 3.8) is 0 Å². The number of benzene rings is 1. The number of aromatic hydroxyl groups is 1. The summed E-state index contributed by atoms with van der Waals surface area (Å²) >= 11 is 0. The average molecular weight is 451 g/mol. The second kappa shape index (κ2) is 8.04. The molecule has 8 heteroatoms. The fraction of sp³-hybridized carbons (Fsp3) is 0.440. The van der Waals surface area contributed by atoms with E-state index in [2.05, 4.69) is 27.6 Å². The maximum absolute atomic E-state index is 12.3. The number of carbonyl (C=O) groups is 1. The van der Waals surface area contributed by atoms with Crippen molar-refractivity contribution < 1.29 is 15.0 Å². The number of hydrogen-bond acceptors (Lipinski definition) is 5. The Morgan fingerprint density at radius 3 is 2.55 bits per heavy atom. The lowest BCUT2D eigenvalue weighted by Gasteiger charge is -2.18. The molecule has 3 aromatic rings.